The summed E-state index contributed by atoms with van der Waals surface area (Å²) >= 11 is 6.17. The van der Waals surface area contributed by atoms with Gasteiger partial charge in [-0.05, 0) is 50.6 Å². The summed E-state index contributed by atoms with van der Waals surface area (Å²) < 4.78 is 28.8. The molecule has 0 saturated carbocycles. The third-order valence-corrected chi connectivity index (χ3v) is 5.84. The fraction of sp³-hybridized carbons (Fsp3) is 0.381. The average Bonchev–Trinajstić information content (AvgIpc) is 2.71. The number of nitrogens with two attached hydrogens (primary N) is 1. The predicted molar refractivity (Wildman–Crippen MR) is 119 cm³/mol. The van der Waals surface area contributed by atoms with Gasteiger partial charge in [-0.1, -0.05) is 23.7 Å². The Balaban J connectivity index is 1.94. The maximum absolute atomic E-state index is 13.3. The zero-order valence-corrected chi connectivity index (χ0v) is 19.6. The molecular weight excluding hydrogens is 456 g/mol. The van der Waals surface area contributed by atoms with Crippen LogP contribution >= 0.6 is 11.6 Å². The number of sulfonamides is 1. The lowest BCUT2D eigenvalue weighted by Crippen LogP contribution is -2.53. The largest absolute Gasteiger partial charge is 0.444 e. The van der Waals surface area contributed by atoms with E-state index >= 15 is 0 Å². The minimum absolute atomic E-state index is 0.127. The number of aromatic nitrogens is 1. The number of benzene rings is 1. The van der Waals surface area contributed by atoms with E-state index in [-0.39, 0.29) is 25.2 Å². The second kappa shape index (κ2) is 9.05. The molecule has 1 aliphatic heterocycles. The van der Waals surface area contributed by atoms with Crippen molar-refractivity contribution in [3.63, 3.8) is 0 Å². The summed E-state index contributed by atoms with van der Waals surface area (Å²) in [7, 11) is -4.07. The van der Waals surface area contributed by atoms with Crippen LogP contribution in [0.25, 0.3) is 0 Å². The average molecular weight is 481 g/mol. The van der Waals surface area contributed by atoms with E-state index in [4.69, 9.17) is 21.5 Å². The Kier molecular flexibility index (Phi) is 6.77. The van der Waals surface area contributed by atoms with Gasteiger partial charge in [0, 0.05) is 36.4 Å². The van der Waals surface area contributed by atoms with Crippen LogP contribution in [0, 0.1) is 0 Å². The summed E-state index contributed by atoms with van der Waals surface area (Å²) in [4.78, 5) is 32.8. The van der Waals surface area contributed by atoms with E-state index in [9.17, 15) is 18.0 Å². The summed E-state index contributed by atoms with van der Waals surface area (Å²) in [5, 5.41) is 5.25. The molecule has 1 aromatic heterocycles. The van der Waals surface area contributed by atoms with Crippen molar-refractivity contribution in [2.45, 2.75) is 37.4 Å². The number of hydrogen-bond donors (Lipinski definition) is 1. The summed E-state index contributed by atoms with van der Waals surface area (Å²) in [6.07, 6.45) is 0.746. The molecule has 0 bridgehead atoms. The summed E-state index contributed by atoms with van der Waals surface area (Å²) in [6.45, 7) is 6.00. The number of piperazine rings is 1. The highest BCUT2D eigenvalue weighted by Crippen LogP contribution is 2.30. The van der Waals surface area contributed by atoms with Crippen molar-refractivity contribution >= 4 is 33.6 Å². The Morgan fingerprint density at radius 3 is 2.53 bits per heavy atom. The molecule has 0 radical (unpaired) electrons. The second-order valence-corrected chi connectivity index (χ2v) is 10.4. The molecule has 32 heavy (non-hydrogen) atoms. The lowest BCUT2D eigenvalue weighted by atomic mass is 10.0. The van der Waals surface area contributed by atoms with Gasteiger partial charge in [0.15, 0.2) is 5.03 Å². The number of carbonyl (C=O) groups excluding carboxylic acids is 2. The van der Waals surface area contributed by atoms with Gasteiger partial charge in [0.1, 0.15) is 5.60 Å². The molecular formula is C21H25ClN4O5S. The van der Waals surface area contributed by atoms with E-state index in [1.165, 1.54) is 12.3 Å². The van der Waals surface area contributed by atoms with E-state index < -0.39 is 38.7 Å². The van der Waals surface area contributed by atoms with Crippen LogP contribution in [-0.2, 0) is 14.8 Å². The highest BCUT2D eigenvalue weighted by Gasteiger charge is 2.36. The van der Waals surface area contributed by atoms with Crippen molar-refractivity contribution in [1.82, 2.24) is 14.8 Å². The highest BCUT2D eigenvalue weighted by atomic mass is 35.5. The number of primary sulfonamides is 1. The molecule has 2 amide bonds. The van der Waals surface area contributed by atoms with Crippen LogP contribution in [0.5, 0.6) is 0 Å². The standard InChI is InChI=1S/C21H25ClN4O5S/c1-21(2,3)31-20(28)25-9-10-26(17(13-25)14-5-4-6-16(22)11-14)19(27)15-7-8-24-18(12-15)32(23,29)30/h4-8,11-12,17H,9-10,13H2,1-3H3,(H2,23,29,30). The van der Waals surface area contributed by atoms with Gasteiger partial charge in [-0.2, -0.15) is 0 Å². The Bertz CT molecular complexity index is 1130. The molecule has 3 rings (SSSR count). The van der Waals surface area contributed by atoms with E-state index in [1.54, 1.807) is 48.8 Å². The first kappa shape index (κ1) is 24.0. The quantitative estimate of drug-likeness (QED) is 0.720. The Hall–Kier alpha value is -2.69. The second-order valence-electron chi connectivity index (χ2n) is 8.42. The van der Waals surface area contributed by atoms with Crippen LogP contribution in [0.4, 0.5) is 4.79 Å². The maximum Gasteiger partial charge on any atom is 0.410 e. The smallest absolute Gasteiger partial charge is 0.410 e. The van der Waals surface area contributed by atoms with Gasteiger partial charge in [0.05, 0.1) is 6.04 Å². The first-order valence-corrected chi connectivity index (χ1v) is 11.8. The number of pyridine rings is 1. The number of halogens is 1. The molecule has 1 aromatic carbocycles. The number of ether oxygens (including phenoxy) is 1. The van der Waals surface area contributed by atoms with Crippen molar-refractivity contribution in [2.24, 2.45) is 5.14 Å². The minimum Gasteiger partial charge on any atom is -0.444 e. The van der Waals surface area contributed by atoms with Crippen molar-refractivity contribution in [3.05, 3.63) is 58.7 Å². The number of carbonyl (C=O) groups is 2. The lowest BCUT2D eigenvalue weighted by Gasteiger charge is -2.42. The molecule has 2 heterocycles. The monoisotopic (exact) mass is 480 g/mol. The van der Waals surface area contributed by atoms with Gasteiger partial charge in [0.2, 0.25) is 0 Å². The van der Waals surface area contributed by atoms with Crippen LogP contribution in [0.2, 0.25) is 5.02 Å². The number of nitrogens with zero attached hydrogens (tertiary/aromatic N) is 3. The molecule has 172 valence electrons. The fourth-order valence-electron chi connectivity index (χ4n) is 3.38. The SMILES string of the molecule is CC(C)(C)OC(=O)N1CCN(C(=O)c2ccnc(S(N)(=O)=O)c2)C(c2cccc(Cl)c2)C1. The first-order valence-electron chi connectivity index (χ1n) is 9.88. The van der Waals surface area contributed by atoms with Gasteiger partial charge >= 0.3 is 6.09 Å². The van der Waals surface area contributed by atoms with E-state index in [1.807, 2.05) is 6.07 Å². The molecule has 2 N–H and O–H groups in total. The van der Waals surface area contributed by atoms with Crippen molar-refractivity contribution < 1.29 is 22.7 Å². The Morgan fingerprint density at radius 2 is 1.91 bits per heavy atom. The van der Waals surface area contributed by atoms with Gasteiger partial charge in [-0.3, -0.25) is 4.79 Å². The maximum atomic E-state index is 13.3. The number of rotatable bonds is 3. The zero-order valence-electron chi connectivity index (χ0n) is 18.0. The molecule has 9 nitrogen and oxygen atoms in total. The Labute approximate surface area is 192 Å². The molecule has 1 saturated heterocycles. The summed E-state index contributed by atoms with van der Waals surface area (Å²) in [5.41, 5.74) is 0.207. The van der Waals surface area contributed by atoms with Crippen LogP contribution in [-0.4, -0.2) is 60.4 Å². The number of hydrogen-bond acceptors (Lipinski definition) is 6. The molecule has 1 aliphatic rings. The lowest BCUT2D eigenvalue weighted by molar-refractivity contribution is 0.00407. The van der Waals surface area contributed by atoms with Gasteiger partial charge in [-0.15, -0.1) is 0 Å². The zero-order chi connectivity index (χ0) is 23.7. The van der Waals surface area contributed by atoms with Crippen LogP contribution in [0.1, 0.15) is 42.7 Å². The molecule has 0 aliphatic carbocycles. The topological polar surface area (TPSA) is 123 Å². The van der Waals surface area contributed by atoms with E-state index in [0.29, 0.717) is 5.02 Å². The van der Waals surface area contributed by atoms with Gasteiger partial charge in [-0.25, -0.2) is 23.3 Å². The first-order chi connectivity index (χ1) is 14.8. The minimum atomic E-state index is -4.07. The van der Waals surface area contributed by atoms with Crippen molar-refractivity contribution in [3.8, 4) is 0 Å². The third-order valence-electron chi connectivity index (χ3n) is 4.80. The van der Waals surface area contributed by atoms with Crippen molar-refractivity contribution in [2.75, 3.05) is 19.6 Å². The molecule has 11 heteroatoms. The van der Waals surface area contributed by atoms with Crippen molar-refractivity contribution in [1.29, 1.82) is 0 Å². The molecule has 1 fully saturated rings. The normalized spacial score (nSPS) is 17.2. The molecule has 0 spiro atoms. The molecule has 1 atom stereocenters. The van der Waals surface area contributed by atoms with E-state index in [2.05, 4.69) is 4.98 Å². The number of amides is 2. The summed E-state index contributed by atoms with van der Waals surface area (Å²) in [5.74, 6) is -0.411. The van der Waals surface area contributed by atoms with Gasteiger partial charge < -0.3 is 14.5 Å². The highest BCUT2D eigenvalue weighted by molar-refractivity contribution is 7.89. The molecule has 2 aromatic rings. The van der Waals surface area contributed by atoms with Crippen LogP contribution in [0.15, 0.2) is 47.6 Å². The van der Waals surface area contributed by atoms with Crippen LogP contribution in [0.3, 0.4) is 0 Å². The molecule has 1 unspecified atom stereocenters. The summed E-state index contributed by atoms with van der Waals surface area (Å²) in [6, 6.07) is 9.07. The Morgan fingerprint density at radius 1 is 1.19 bits per heavy atom. The van der Waals surface area contributed by atoms with Crippen LogP contribution < -0.4 is 5.14 Å². The third kappa shape index (κ3) is 5.76. The fourth-order valence-corrected chi connectivity index (χ4v) is 4.08. The van der Waals surface area contributed by atoms with Gasteiger partial charge in [0.25, 0.3) is 15.9 Å². The van der Waals surface area contributed by atoms with E-state index in [0.717, 1.165) is 11.6 Å². The predicted octanol–water partition coefficient (Wildman–Crippen LogP) is 2.82.